The van der Waals surface area contributed by atoms with Gasteiger partial charge in [0, 0.05) is 13.1 Å². The molecule has 1 N–H and O–H groups in total. The van der Waals surface area contributed by atoms with Crippen molar-refractivity contribution in [2.75, 3.05) is 13.1 Å². The molecule has 0 fully saturated rings. The van der Waals surface area contributed by atoms with Gasteiger partial charge >= 0.3 is 0 Å². The van der Waals surface area contributed by atoms with Gasteiger partial charge in [-0.05, 0) is 50.7 Å². The number of carbonyl (C=O) groups is 1. The van der Waals surface area contributed by atoms with Crippen molar-refractivity contribution in [3.05, 3.63) is 28.5 Å². The normalized spacial score (nSPS) is 10.9. The van der Waals surface area contributed by atoms with Crippen LogP contribution in [0.2, 0.25) is 0 Å². The van der Waals surface area contributed by atoms with E-state index in [4.69, 9.17) is 12.2 Å². The number of nitrogens with one attached hydrogen (secondary N) is 1. The molecule has 0 bridgehead atoms. The van der Waals surface area contributed by atoms with Gasteiger partial charge in [-0.1, -0.05) is 6.07 Å². The number of hydrogen-bond acceptors (Lipinski definition) is 2. The molecule has 4 nitrogen and oxygen atoms in total. The molecular weight excluding hydrogens is 258 g/mol. The summed E-state index contributed by atoms with van der Waals surface area (Å²) in [5.41, 5.74) is 3.14. The van der Waals surface area contributed by atoms with Crippen LogP contribution in [0.1, 0.15) is 19.4 Å². The van der Waals surface area contributed by atoms with Crippen LogP contribution in [0.25, 0.3) is 11.0 Å². The Morgan fingerprint density at radius 2 is 2.05 bits per heavy atom. The molecule has 0 atom stereocenters. The molecule has 0 radical (unpaired) electrons. The smallest absolute Gasteiger partial charge is 0.242 e. The van der Waals surface area contributed by atoms with Crippen LogP contribution in [0.15, 0.2) is 18.2 Å². The number of fused-ring (bicyclic) bond motifs is 1. The van der Waals surface area contributed by atoms with Crippen molar-refractivity contribution in [1.29, 1.82) is 0 Å². The van der Waals surface area contributed by atoms with E-state index in [2.05, 4.69) is 4.98 Å². The van der Waals surface area contributed by atoms with Gasteiger partial charge in [-0.25, -0.2) is 0 Å². The predicted molar refractivity (Wildman–Crippen MR) is 79.8 cm³/mol. The number of likely N-dealkylation sites (N-methyl/N-ethyl adjacent to an activating group) is 1. The zero-order valence-corrected chi connectivity index (χ0v) is 12.4. The molecular formula is C14H19N3OS. The van der Waals surface area contributed by atoms with E-state index in [1.165, 1.54) is 5.56 Å². The minimum absolute atomic E-state index is 0.0996. The second-order valence-electron chi connectivity index (χ2n) is 4.60. The molecule has 0 aliphatic heterocycles. The van der Waals surface area contributed by atoms with Crippen LogP contribution in [-0.4, -0.2) is 33.4 Å². The fourth-order valence-corrected chi connectivity index (χ4v) is 2.52. The molecule has 2 aromatic rings. The van der Waals surface area contributed by atoms with Crippen molar-refractivity contribution >= 4 is 29.2 Å². The topological polar surface area (TPSA) is 41.0 Å². The number of rotatable bonds is 4. The molecule has 1 aromatic heterocycles. The molecule has 0 spiro atoms. The highest BCUT2D eigenvalue weighted by Crippen LogP contribution is 2.16. The molecule has 0 saturated carbocycles. The standard InChI is InChI=1S/C14H19N3OS/c1-4-16(5-2)13(18)9-17-12-7-6-10(3)8-11(12)15-14(17)19/h6-8H,4-5,9H2,1-3H3,(H,15,19). The lowest BCUT2D eigenvalue weighted by Gasteiger charge is -2.18. The minimum atomic E-state index is 0.0996. The van der Waals surface area contributed by atoms with E-state index in [-0.39, 0.29) is 5.91 Å². The SMILES string of the molecule is CCN(CC)C(=O)Cn1c(=S)[nH]c2cc(C)ccc21. The Labute approximate surface area is 118 Å². The van der Waals surface area contributed by atoms with Gasteiger partial charge in [-0.2, -0.15) is 0 Å². The number of nitrogens with zero attached hydrogens (tertiary/aromatic N) is 2. The summed E-state index contributed by atoms with van der Waals surface area (Å²) in [6.07, 6.45) is 0. The zero-order chi connectivity index (χ0) is 14.0. The monoisotopic (exact) mass is 277 g/mol. The highest BCUT2D eigenvalue weighted by molar-refractivity contribution is 7.71. The van der Waals surface area contributed by atoms with Gasteiger partial charge in [0.15, 0.2) is 4.77 Å². The van der Waals surface area contributed by atoms with Crippen molar-refractivity contribution in [3.8, 4) is 0 Å². The first-order valence-electron chi connectivity index (χ1n) is 6.53. The number of hydrogen-bond donors (Lipinski definition) is 1. The van der Waals surface area contributed by atoms with E-state index in [0.717, 1.165) is 24.1 Å². The number of benzene rings is 1. The number of aryl methyl sites for hydroxylation is 1. The summed E-state index contributed by atoms with van der Waals surface area (Å²) >= 11 is 5.31. The summed E-state index contributed by atoms with van der Waals surface area (Å²) < 4.78 is 2.46. The molecule has 5 heteroatoms. The summed E-state index contributed by atoms with van der Waals surface area (Å²) in [6.45, 7) is 7.76. The Morgan fingerprint density at radius 1 is 1.37 bits per heavy atom. The van der Waals surface area contributed by atoms with E-state index in [9.17, 15) is 4.79 Å². The highest BCUT2D eigenvalue weighted by atomic mass is 32.1. The van der Waals surface area contributed by atoms with E-state index in [1.54, 1.807) is 0 Å². The van der Waals surface area contributed by atoms with Crippen molar-refractivity contribution in [3.63, 3.8) is 0 Å². The third-order valence-electron chi connectivity index (χ3n) is 3.34. The number of carbonyl (C=O) groups excluding carboxylic acids is 1. The number of aromatic amines is 1. The Morgan fingerprint density at radius 3 is 2.68 bits per heavy atom. The average molecular weight is 277 g/mol. The Balaban J connectivity index is 2.38. The van der Waals surface area contributed by atoms with Gasteiger partial charge in [-0.15, -0.1) is 0 Å². The molecule has 19 heavy (non-hydrogen) atoms. The second kappa shape index (κ2) is 5.57. The number of H-pyrrole nitrogens is 1. The number of imidazole rings is 1. The molecule has 2 rings (SSSR count). The molecule has 0 saturated heterocycles. The Kier molecular flexibility index (Phi) is 4.04. The third-order valence-corrected chi connectivity index (χ3v) is 3.66. The summed E-state index contributed by atoms with van der Waals surface area (Å²) in [4.78, 5) is 17.1. The van der Waals surface area contributed by atoms with Crippen LogP contribution in [0.4, 0.5) is 0 Å². The number of amides is 1. The van der Waals surface area contributed by atoms with Gasteiger partial charge in [0.1, 0.15) is 6.54 Å². The molecule has 0 unspecified atom stereocenters. The molecule has 102 valence electrons. The molecule has 0 aliphatic carbocycles. The largest absolute Gasteiger partial charge is 0.342 e. The molecule has 1 amide bonds. The van der Waals surface area contributed by atoms with Crippen LogP contribution in [-0.2, 0) is 11.3 Å². The summed E-state index contributed by atoms with van der Waals surface area (Å²) in [7, 11) is 0. The molecule has 0 aliphatic rings. The predicted octanol–water partition coefficient (Wildman–Crippen LogP) is 2.88. The van der Waals surface area contributed by atoms with Gasteiger partial charge in [0.25, 0.3) is 0 Å². The van der Waals surface area contributed by atoms with Crippen molar-refractivity contribution < 1.29 is 4.79 Å². The lowest BCUT2D eigenvalue weighted by Crippen LogP contribution is -2.33. The first-order chi connectivity index (χ1) is 9.06. The number of aromatic nitrogens is 2. The van der Waals surface area contributed by atoms with Gasteiger partial charge in [0.05, 0.1) is 11.0 Å². The van der Waals surface area contributed by atoms with E-state index >= 15 is 0 Å². The first-order valence-corrected chi connectivity index (χ1v) is 6.94. The van der Waals surface area contributed by atoms with E-state index < -0.39 is 0 Å². The fourth-order valence-electron chi connectivity index (χ4n) is 2.25. The van der Waals surface area contributed by atoms with E-state index in [1.807, 2.05) is 48.4 Å². The van der Waals surface area contributed by atoms with Crippen molar-refractivity contribution in [1.82, 2.24) is 14.5 Å². The average Bonchev–Trinajstić information content (AvgIpc) is 2.66. The van der Waals surface area contributed by atoms with Crippen molar-refractivity contribution in [2.24, 2.45) is 0 Å². The second-order valence-corrected chi connectivity index (χ2v) is 4.99. The Hall–Kier alpha value is -1.62. The maximum absolute atomic E-state index is 12.2. The lowest BCUT2D eigenvalue weighted by atomic mass is 10.2. The van der Waals surface area contributed by atoms with Crippen LogP contribution >= 0.6 is 12.2 Å². The van der Waals surface area contributed by atoms with Crippen LogP contribution < -0.4 is 0 Å². The maximum Gasteiger partial charge on any atom is 0.242 e. The summed E-state index contributed by atoms with van der Waals surface area (Å²) in [6, 6.07) is 6.08. The van der Waals surface area contributed by atoms with Gasteiger partial charge in [0.2, 0.25) is 5.91 Å². The fraction of sp³-hybridized carbons (Fsp3) is 0.429. The third kappa shape index (κ3) is 2.71. The highest BCUT2D eigenvalue weighted by Gasteiger charge is 2.13. The van der Waals surface area contributed by atoms with Gasteiger partial charge < -0.3 is 14.5 Å². The summed E-state index contributed by atoms with van der Waals surface area (Å²) in [5, 5.41) is 0. The molecule has 1 aromatic carbocycles. The van der Waals surface area contributed by atoms with Crippen LogP contribution in [0, 0.1) is 11.7 Å². The minimum Gasteiger partial charge on any atom is -0.342 e. The lowest BCUT2D eigenvalue weighted by molar-refractivity contribution is -0.131. The zero-order valence-electron chi connectivity index (χ0n) is 11.6. The van der Waals surface area contributed by atoms with Crippen molar-refractivity contribution in [2.45, 2.75) is 27.3 Å². The van der Waals surface area contributed by atoms with E-state index in [0.29, 0.717) is 11.3 Å². The van der Waals surface area contributed by atoms with Gasteiger partial charge in [-0.3, -0.25) is 4.79 Å². The Bertz CT molecular complexity index is 652. The maximum atomic E-state index is 12.2. The summed E-state index contributed by atoms with van der Waals surface area (Å²) in [5.74, 6) is 0.0996. The quantitative estimate of drug-likeness (QED) is 0.873. The molecule has 1 heterocycles. The first kappa shape index (κ1) is 13.8. The van der Waals surface area contributed by atoms with Crippen LogP contribution in [0.5, 0.6) is 0 Å². The van der Waals surface area contributed by atoms with Crippen LogP contribution in [0.3, 0.4) is 0 Å².